The van der Waals surface area contributed by atoms with E-state index in [1.165, 1.54) is 29.5 Å². The van der Waals surface area contributed by atoms with Crippen molar-refractivity contribution in [3.8, 4) is 0 Å². The quantitative estimate of drug-likeness (QED) is 0.868. The summed E-state index contributed by atoms with van der Waals surface area (Å²) >= 11 is 6.58. The number of alkyl halides is 1. The highest BCUT2D eigenvalue weighted by Crippen LogP contribution is 2.29. The molecule has 0 aromatic heterocycles. The number of carbonyl (C=O) groups is 1. The number of rotatable bonds is 4. The number of fused-ring (bicyclic) bond motifs is 1. The third kappa shape index (κ3) is 3.41. The molecule has 114 valence electrons. The molecule has 1 aromatic carbocycles. The molecule has 2 atom stereocenters. The zero-order valence-corrected chi connectivity index (χ0v) is 13.0. The van der Waals surface area contributed by atoms with Crippen LogP contribution in [0.15, 0.2) is 18.2 Å². The van der Waals surface area contributed by atoms with Crippen LogP contribution in [0.2, 0.25) is 0 Å². The molecule has 2 aliphatic rings. The van der Waals surface area contributed by atoms with E-state index in [2.05, 4.69) is 23.1 Å². The van der Waals surface area contributed by atoms with Gasteiger partial charge in [0.1, 0.15) is 0 Å². The summed E-state index contributed by atoms with van der Waals surface area (Å²) < 4.78 is 0. The first-order valence-corrected chi connectivity index (χ1v) is 8.28. The second-order valence-corrected chi connectivity index (χ2v) is 6.81. The van der Waals surface area contributed by atoms with E-state index in [9.17, 15) is 4.79 Å². The minimum Gasteiger partial charge on any atom is -0.481 e. The van der Waals surface area contributed by atoms with E-state index < -0.39 is 5.97 Å². The van der Waals surface area contributed by atoms with Crippen molar-refractivity contribution in [2.24, 2.45) is 5.92 Å². The molecular weight excluding hydrogens is 286 g/mol. The Kier molecular flexibility index (Phi) is 4.51. The smallest absolute Gasteiger partial charge is 0.307 e. The maximum absolute atomic E-state index is 11.1. The van der Waals surface area contributed by atoms with Gasteiger partial charge in [-0.15, -0.1) is 11.6 Å². The number of halogens is 1. The summed E-state index contributed by atoms with van der Waals surface area (Å²) in [4.78, 5) is 13.3. The molecule has 1 saturated heterocycles. The van der Waals surface area contributed by atoms with Crippen LogP contribution in [-0.2, 0) is 17.6 Å². The number of benzene rings is 1. The number of likely N-dealkylation sites (tertiary alicyclic amines) is 1. The lowest BCUT2D eigenvalue weighted by Crippen LogP contribution is -2.40. The van der Waals surface area contributed by atoms with E-state index in [0.717, 1.165) is 32.4 Å². The lowest BCUT2D eigenvalue weighted by Gasteiger charge is -2.32. The monoisotopic (exact) mass is 307 g/mol. The number of aryl methyl sites for hydroxylation is 2. The standard InChI is InChI=1S/C17H22ClNO2/c18-16(11-19-8-2-5-15(10-19)17(20)21)14-7-6-12-3-1-4-13(12)9-14/h6-7,9,15-16H,1-5,8,10-11H2,(H,20,21). The summed E-state index contributed by atoms with van der Waals surface area (Å²) in [6.45, 7) is 2.32. The number of carboxylic acids is 1. The van der Waals surface area contributed by atoms with Gasteiger partial charge in [-0.25, -0.2) is 0 Å². The second kappa shape index (κ2) is 6.37. The number of carboxylic acid groups (broad SMARTS) is 1. The zero-order chi connectivity index (χ0) is 14.8. The largest absolute Gasteiger partial charge is 0.481 e. The van der Waals surface area contributed by atoms with Crippen LogP contribution in [0.3, 0.4) is 0 Å². The van der Waals surface area contributed by atoms with E-state index in [-0.39, 0.29) is 11.3 Å². The SMILES string of the molecule is O=C(O)C1CCCN(CC(Cl)c2ccc3c(c2)CCC3)C1. The first-order chi connectivity index (χ1) is 10.1. The number of hydrogen-bond donors (Lipinski definition) is 1. The maximum atomic E-state index is 11.1. The fraction of sp³-hybridized carbons (Fsp3) is 0.588. The Hall–Kier alpha value is -1.06. The molecule has 1 heterocycles. The predicted octanol–water partition coefficient (Wildman–Crippen LogP) is 3.25. The summed E-state index contributed by atoms with van der Waals surface area (Å²) in [6.07, 6.45) is 5.34. The normalized spacial score (nSPS) is 23.8. The molecule has 1 aliphatic heterocycles. The summed E-state index contributed by atoms with van der Waals surface area (Å²) in [5.74, 6) is -0.911. The van der Waals surface area contributed by atoms with Crippen LogP contribution < -0.4 is 0 Å². The summed E-state index contributed by atoms with van der Waals surface area (Å²) in [5, 5.41) is 9.10. The molecule has 0 saturated carbocycles. The van der Waals surface area contributed by atoms with Crippen molar-refractivity contribution in [1.29, 1.82) is 0 Å². The molecule has 0 radical (unpaired) electrons. The molecule has 0 amide bonds. The van der Waals surface area contributed by atoms with Gasteiger partial charge in [-0.2, -0.15) is 0 Å². The molecule has 1 fully saturated rings. The lowest BCUT2D eigenvalue weighted by molar-refractivity contribution is -0.143. The molecule has 1 N–H and O–H groups in total. The van der Waals surface area contributed by atoms with Gasteiger partial charge in [0.2, 0.25) is 0 Å². The highest BCUT2D eigenvalue weighted by molar-refractivity contribution is 6.21. The van der Waals surface area contributed by atoms with E-state index in [1.807, 2.05) is 0 Å². The zero-order valence-electron chi connectivity index (χ0n) is 12.2. The van der Waals surface area contributed by atoms with Gasteiger partial charge in [0.25, 0.3) is 0 Å². The molecule has 21 heavy (non-hydrogen) atoms. The topological polar surface area (TPSA) is 40.5 Å². The van der Waals surface area contributed by atoms with Gasteiger partial charge >= 0.3 is 5.97 Å². The van der Waals surface area contributed by atoms with Gasteiger partial charge in [0.05, 0.1) is 11.3 Å². The van der Waals surface area contributed by atoms with Crippen molar-refractivity contribution in [3.63, 3.8) is 0 Å². The molecule has 3 rings (SSSR count). The van der Waals surface area contributed by atoms with Gasteiger partial charge in [0, 0.05) is 13.1 Å². The molecule has 4 heteroatoms. The van der Waals surface area contributed by atoms with Crippen molar-refractivity contribution in [3.05, 3.63) is 34.9 Å². The first-order valence-electron chi connectivity index (χ1n) is 7.84. The van der Waals surface area contributed by atoms with E-state index >= 15 is 0 Å². The van der Waals surface area contributed by atoms with Crippen molar-refractivity contribution in [2.45, 2.75) is 37.5 Å². The van der Waals surface area contributed by atoms with E-state index in [1.54, 1.807) is 0 Å². The summed E-state index contributed by atoms with van der Waals surface area (Å²) in [6, 6.07) is 6.60. The van der Waals surface area contributed by atoms with Crippen LogP contribution in [0.5, 0.6) is 0 Å². The van der Waals surface area contributed by atoms with Crippen LogP contribution in [0, 0.1) is 5.92 Å². The van der Waals surface area contributed by atoms with Gasteiger partial charge in [-0.3, -0.25) is 4.79 Å². The van der Waals surface area contributed by atoms with Crippen LogP contribution in [0.4, 0.5) is 0 Å². The van der Waals surface area contributed by atoms with Crippen LogP contribution >= 0.6 is 11.6 Å². The predicted molar refractivity (Wildman–Crippen MR) is 83.9 cm³/mol. The highest BCUT2D eigenvalue weighted by Gasteiger charge is 2.27. The lowest BCUT2D eigenvalue weighted by atomic mass is 9.97. The molecular formula is C17H22ClNO2. The minimum absolute atomic E-state index is 0.0524. The van der Waals surface area contributed by atoms with Crippen molar-refractivity contribution < 1.29 is 9.90 Å². The average Bonchev–Trinajstić information content (AvgIpc) is 2.94. The van der Waals surface area contributed by atoms with E-state index in [0.29, 0.717) is 6.54 Å². The second-order valence-electron chi connectivity index (χ2n) is 6.29. The fourth-order valence-electron chi connectivity index (χ4n) is 3.54. The van der Waals surface area contributed by atoms with E-state index in [4.69, 9.17) is 16.7 Å². The van der Waals surface area contributed by atoms with Gasteiger partial charge in [-0.05, 0) is 55.3 Å². The number of piperidine rings is 1. The molecule has 1 aliphatic carbocycles. The Labute approximate surface area is 130 Å². The van der Waals surface area contributed by atoms with Gasteiger partial charge in [-0.1, -0.05) is 18.2 Å². The Morgan fingerprint density at radius 2 is 2.14 bits per heavy atom. The Morgan fingerprint density at radius 1 is 1.33 bits per heavy atom. The molecule has 1 aromatic rings. The Morgan fingerprint density at radius 3 is 2.95 bits per heavy atom. The van der Waals surface area contributed by atoms with Crippen molar-refractivity contribution >= 4 is 17.6 Å². The third-order valence-corrected chi connectivity index (χ3v) is 5.15. The number of hydrogen-bond acceptors (Lipinski definition) is 2. The molecule has 3 nitrogen and oxygen atoms in total. The van der Waals surface area contributed by atoms with Crippen LogP contribution in [-0.4, -0.2) is 35.6 Å². The Balaban J connectivity index is 1.63. The number of nitrogens with zero attached hydrogens (tertiary/aromatic N) is 1. The Bertz CT molecular complexity index is 532. The minimum atomic E-state index is -0.677. The highest BCUT2D eigenvalue weighted by atomic mass is 35.5. The van der Waals surface area contributed by atoms with Crippen LogP contribution in [0.25, 0.3) is 0 Å². The summed E-state index contributed by atoms with van der Waals surface area (Å²) in [7, 11) is 0. The van der Waals surface area contributed by atoms with Crippen LogP contribution in [0.1, 0.15) is 41.3 Å². The summed E-state index contributed by atoms with van der Waals surface area (Å²) in [5.41, 5.74) is 4.08. The van der Waals surface area contributed by atoms with Gasteiger partial charge < -0.3 is 10.0 Å². The third-order valence-electron chi connectivity index (χ3n) is 4.76. The number of aliphatic carboxylic acids is 1. The maximum Gasteiger partial charge on any atom is 0.307 e. The average molecular weight is 308 g/mol. The first kappa shape index (κ1) is 14.9. The molecule has 0 spiro atoms. The van der Waals surface area contributed by atoms with Crippen molar-refractivity contribution in [1.82, 2.24) is 4.90 Å². The van der Waals surface area contributed by atoms with Crippen molar-refractivity contribution in [2.75, 3.05) is 19.6 Å². The van der Waals surface area contributed by atoms with Gasteiger partial charge in [0.15, 0.2) is 0 Å². The molecule has 2 unspecified atom stereocenters. The fourth-order valence-corrected chi connectivity index (χ4v) is 3.87. The molecule has 0 bridgehead atoms.